The largest absolute Gasteiger partial charge is 0.320 e. The van der Waals surface area contributed by atoms with Crippen LogP contribution in [0.25, 0.3) is 10.9 Å². The Morgan fingerprint density at radius 2 is 2.04 bits per heavy atom. The van der Waals surface area contributed by atoms with Crippen LogP contribution in [0, 0.1) is 0 Å². The third-order valence-corrected chi connectivity index (χ3v) is 6.08. The molecule has 1 saturated heterocycles. The van der Waals surface area contributed by atoms with Crippen LogP contribution in [0.5, 0.6) is 0 Å². The summed E-state index contributed by atoms with van der Waals surface area (Å²) in [6.45, 7) is 1.12. The Morgan fingerprint density at radius 3 is 2.82 bits per heavy atom. The first-order valence-corrected chi connectivity index (χ1v) is 10.2. The highest BCUT2D eigenvalue weighted by Crippen LogP contribution is 2.39. The lowest BCUT2D eigenvalue weighted by atomic mass is 9.88. The molecule has 3 heterocycles. The van der Waals surface area contributed by atoms with E-state index < -0.39 is 6.17 Å². The van der Waals surface area contributed by atoms with Crippen LogP contribution in [0.3, 0.4) is 0 Å². The number of alkyl halides is 1. The van der Waals surface area contributed by atoms with Gasteiger partial charge >= 0.3 is 0 Å². The minimum Gasteiger partial charge on any atom is -0.320 e. The summed E-state index contributed by atoms with van der Waals surface area (Å²) in [7, 11) is 0. The van der Waals surface area contributed by atoms with Gasteiger partial charge in [-0.25, -0.2) is 19.0 Å². The number of rotatable bonds is 4. The number of piperidine rings is 1. The molecule has 5 rings (SSSR count). The van der Waals surface area contributed by atoms with Crippen molar-refractivity contribution in [1.82, 2.24) is 25.1 Å². The van der Waals surface area contributed by atoms with Gasteiger partial charge in [0, 0.05) is 29.1 Å². The van der Waals surface area contributed by atoms with Crippen LogP contribution in [-0.4, -0.2) is 39.0 Å². The summed E-state index contributed by atoms with van der Waals surface area (Å²) >= 11 is 12.9. The van der Waals surface area contributed by atoms with Crippen LogP contribution < -0.4 is 10.6 Å². The predicted molar refractivity (Wildman–Crippen MR) is 108 cm³/mol. The Labute approximate surface area is 171 Å². The molecule has 2 fully saturated rings. The normalized spacial score (nSPS) is 22.5. The second-order valence-corrected chi connectivity index (χ2v) is 8.16. The van der Waals surface area contributed by atoms with Crippen molar-refractivity contribution in [2.75, 3.05) is 18.4 Å². The molecule has 2 atom stereocenters. The molecule has 146 valence electrons. The van der Waals surface area contributed by atoms with E-state index in [0.717, 1.165) is 30.3 Å². The van der Waals surface area contributed by atoms with Gasteiger partial charge in [0.1, 0.15) is 6.17 Å². The number of anilines is 2. The molecule has 9 heteroatoms. The highest BCUT2D eigenvalue weighted by atomic mass is 35.5. The summed E-state index contributed by atoms with van der Waals surface area (Å²) in [6.07, 6.45) is 5.33. The fourth-order valence-electron chi connectivity index (χ4n) is 3.71. The number of halogens is 3. The Hall–Kier alpha value is -1.96. The fraction of sp³-hybridized carbons (Fsp3) is 0.421. The first kappa shape index (κ1) is 18.1. The van der Waals surface area contributed by atoms with Gasteiger partial charge in [-0.2, -0.15) is 5.10 Å². The lowest BCUT2D eigenvalue weighted by Gasteiger charge is -2.27. The van der Waals surface area contributed by atoms with Gasteiger partial charge in [0.2, 0.25) is 5.95 Å². The maximum absolute atomic E-state index is 14.4. The SMILES string of the molecule is F[C@H]1CNCC[C@@H]1c1cc2nc(Nc3cnn(C4CC4)c3Cl)ncc2cc1Cl. The zero-order valence-electron chi connectivity index (χ0n) is 15.0. The van der Waals surface area contributed by atoms with E-state index in [1.807, 2.05) is 16.8 Å². The van der Waals surface area contributed by atoms with Crippen molar-refractivity contribution in [3.8, 4) is 0 Å². The van der Waals surface area contributed by atoms with E-state index in [4.69, 9.17) is 23.2 Å². The van der Waals surface area contributed by atoms with Crippen LogP contribution in [0.2, 0.25) is 10.2 Å². The summed E-state index contributed by atoms with van der Waals surface area (Å²) in [6, 6.07) is 4.08. The molecule has 1 saturated carbocycles. The predicted octanol–water partition coefficient (Wildman–Crippen LogP) is 4.63. The van der Waals surface area contributed by atoms with Crippen molar-refractivity contribution in [2.24, 2.45) is 0 Å². The quantitative estimate of drug-likeness (QED) is 0.643. The van der Waals surface area contributed by atoms with Crippen LogP contribution in [0.15, 0.2) is 24.5 Å². The summed E-state index contributed by atoms with van der Waals surface area (Å²) < 4.78 is 16.2. The second-order valence-electron chi connectivity index (χ2n) is 7.39. The lowest BCUT2D eigenvalue weighted by Crippen LogP contribution is -2.36. The van der Waals surface area contributed by atoms with E-state index in [9.17, 15) is 4.39 Å². The van der Waals surface area contributed by atoms with Crippen molar-refractivity contribution in [2.45, 2.75) is 37.4 Å². The van der Waals surface area contributed by atoms with E-state index in [-0.39, 0.29) is 5.92 Å². The zero-order valence-corrected chi connectivity index (χ0v) is 16.5. The molecule has 1 aliphatic carbocycles. The summed E-state index contributed by atoms with van der Waals surface area (Å²) in [5, 5.41) is 12.5. The highest BCUT2D eigenvalue weighted by molar-refractivity contribution is 6.32. The topological polar surface area (TPSA) is 67.7 Å². The molecule has 0 bridgehead atoms. The maximum Gasteiger partial charge on any atom is 0.227 e. The average Bonchev–Trinajstić information content (AvgIpc) is 3.47. The van der Waals surface area contributed by atoms with Crippen molar-refractivity contribution in [3.05, 3.63) is 40.3 Å². The number of benzene rings is 1. The summed E-state index contributed by atoms with van der Waals surface area (Å²) in [4.78, 5) is 8.94. The molecule has 0 unspecified atom stereocenters. The highest BCUT2D eigenvalue weighted by Gasteiger charge is 2.29. The van der Waals surface area contributed by atoms with Crippen molar-refractivity contribution in [3.63, 3.8) is 0 Å². The number of nitrogens with zero attached hydrogens (tertiary/aromatic N) is 4. The zero-order chi connectivity index (χ0) is 19.3. The first-order valence-electron chi connectivity index (χ1n) is 9.41. The number of fused-ring (bicyclic) bond motifs is 1. The van der Waals surface area contributed by atoms with Crippen molar-refractivity contribution >= 4 is 45.7 Å². The number of hydrogen-bond donors (Lipinski definition) is 2. The van der Waals surface area contributed by atoms with Crippen molar-refractivity contribution in [1.29, 1.82) is 0 Å². The molecule has 3 aromatic rings. The molecular weight excluding hydrogens is 402 g/mol. The fourth-order valence-corrected chi connectivity index (χ4v) is 4.30. The Morgan fingerprint density at radius 1 is 1.18 bits per heavy atom. The van der Waals surface area contributed by atoms with Gasteiger partial charge in [0.05, 0.1) is 23.4 Å². The first-order chi connectivity index (χ1) is 13.6. The molecule has 28 heavy (non-hydrogen) atoms. The van der Waals surface area contributed by atoms with Crippen LogP contribution >= 0.6 is 23.2 Å². The van der Waals surface area contributed by atoms with E-state index in [0.29, 0.717) is 46.3 Å². The van der Waals surface area contributed by atoms with Gasteiger partial charge in [-0.05, 0) is 43.5 Å². The summed E-state index contributed by atoms with van der Waals surface area (Å²) in [5.74, 6) is 0.191. The summed E-state index contributed by atoms with van der Waals surface area (Å²) in [5.41, 5.74) is 2.19. The molecule has 2 aliphatic rings. The monoisotopic (exact) mass is 420 g/mol. The van der Waals surface area contributed by atoms with Gasteiger partial charge in [0.25, 0.3) is 0 Å². The molecule has 6 nitrogen and oxygen atoms in total. The average molecular weight is 421 g/mol. The van der Waals surface area contributed by atoms with E-state index in [1.165, 1.54) is 0 Å². The number of hydrogen-bond acceptors (Lipinski definition) is 5. The number of aromatic nitrogens is 4. The number of nitrogens with one attached hydrogen (secondary N) is 2. The third-order valence-electron chi connectivity index (χ3n) is 5.38. The second kappa shape index (κ2) is 7.13. The van der Waals surface area contributed by atoms with Gasteiger partial charge in [-0.15, -0.1) is 0 Å². The Balaban J connectivity index is 1.47. The van der Waals surface area contributed by atoms with E-state index in [2.05, 4.69) is 25.7 Å². The minimum atomic E-state index is -0.963. The lowest BCUT2D eigenvalue weighted by molar-refractivity contribution is 0.231. The molecular formula is C19H19Cl2FN6. The van der Waals surface area contributed by atoms with Crippen molar-refractivity contribution < 1.29 is 4.39 Å². The molecule has 0 amide bonds. The third kappa shape index (κ3) is 3.32. The Bertz CT molecular complexity index is 1030. The molecule has 0 spiro atoms. The Kier molecular flexibility index (Phi) is 4.61. The molecule has 2 aromatic heterocycles. The van der Waals surface area contributed by atoms with E-state index in [1.54, 1.807) is 12.4 Å². The molecule has 1 aliphatic heterocycles. The van der Waals surface area contributed by atoms with Gasteiger partial charge in [0.15, 0.2) is 5.15 Å². The minimum absolute atomic E-state index is 0.226. The standard InChI is InChI=1S/C19H19Cl2FN6/c20-14-5-10-7-24-19(27-17-9-25-28(18(17)21)11-1-2-11)26-16(10)6-13(14)12-3-4-23-8-15(12)22/h5-7,9,11-12,15,23H,1-4,8H2,(H,24,26,27)/t12-,15+/m1/s1. The smallest absolute Gasteiger partial charge is 0.227 e. The van der Waals surface area contributed by atoms with Crippen LogP contribution in [-0.2, 0) is 0 Å². The van der Waals surface area contributed by atoms with Crippen LogP contribution in [0.4, 0.5) is 16.0 Å². The molecule has 0 radical (unpaired) electrons. The van der Waals surface area contributed by atoms with Crippen LogP contribution in [0.1, 0.15) is 36.8 Å². The van der Waals surface area contributed by atoms with Gasteiger partial charge in [-0.3, -0.25) is 0 Å². The van der Waals surface area contributed by atoms with Gasteiger partial charge in [-0.1, -0.05) is 23.2 Å². The maximum atomic E-state index is 14.4. The van der Waals surface area contributed by atoms with Gasteiger partial charge < -0.3 is 10.6 Å². The molecule has 1 aromatic carbocycles. The molecule has 2 N–H and O–H groups in total. The van der Waals surface area contributed by atoms with E-state index >= 15 is 0 Å².